The lowest BCUT2D eigenvalue weighted by Gasteiger charge is -2.30. The molecule has 8 heteroatoms. The molecule has 0 radical (unpaired) electrons. The minimum atomic E-state index is -0.231. The first-order valence-corrected chi connectivity index (χ1v) is 8.52. The van der Waals surface area contributed by atoms with Gasteiger partial charge in [0.25, 0.3) is 5.89 Å². The van der Waals surface area contributed by atoms with Crippen LogP contribution in [0.5, 0.6) is 0 Å². The van der Waals surface area contributed by atoms with Gasteiger partial charge in [-0.25, -0.2) is 4.39 Å². The summed E-state index contributed by atoms with van der Waals surface area (Å²) in [5, 5.41) is 7.43. The molecule has 136 valence electrons. The molecule has 0 saturated carbocycles. The minimum absolute atomic E-state index is 0. The Bertz CT molecular complexity index is 719. The van der Waals surface area contributed by atoms with Gasteiger partial charge in [-0.2, -0.15) is 4.98 Å². The highest BCUT2D eigenvalue weighted by molar-refractivity contribution is 5.85. The Morgan fingerprint density at radius 1 is 1.24 bits per heavy atom. The number of rotatable bonds is 3. The Hall–Kier alpha value is -1.70. The van der Waals surface area contributed by atoms with Crippen LogP contribution in [0, 0.1) is 5.82 Å². The van der Waals surface area contributed by atoms with Gasteiger partial charge >= 0.3 is 0 Å². The van der Waals surface area contributed by atoms with Gasteiger partial charge in [-0.15, -0.1) is 12.4 Å². The Kier molecular flexibility index (Phi) is 5.56. The molecule has 6 nitrogen and oxygen atoms in total. The lowest BCUT2D eigenvalue weighted by molar-refractivity contribution is 0.190. The summed E-state index contributed by atoms with van der Waals surface area (Å²) in [6, 6.07) is 5.25. The highest BCUT2D eigenvalue weighted by atomic mass is 35.5. The Labute approximate surface area is 152 Å². The lowest BCUT2D eigenvalue weighted by Crippen LogP contribution is -2.44. The van der Waals surface area contributed by atoms with Crippen molar-refractivity contribution in [3.8, 4) is 11.5 Å². The molecular formula is C17H23ClFN5O. The first kappa shape index (κ1) is 18.1. The summed E-state index contributed by atoms with van der Waals surface area (Å²) in [7, 11) is 2.05. The van der Waals surface area contributed by atoms with Gasteiger partial charge in [0.1, 0.15) is 5.82 Å². The van der Waals surface area contributed by atoms with E-state index in [0.717, 1.165) is 45.6 Å². The van der Waals surface area contributed by atoms with Crippen LogP contribution in [0.2, 0.25) is 0 Å². The molecule has 2 aromatic rings. The zero-order valence-electron chi connectivity index (χ0n) is 14.2. The van der Waals surface area contributed by atoms with Crippen molar-refractivity contribution in [3.05, 3.63) is 29.8 Å². The topological polar surface area (TPSA) is 57.4 Å². The molecule has 2 aliphatic rings. The maximum atomic E-state index is 14.5. The Morgan fingerprint density at radius 2 is 2.04 bits per heavy atom. The molecule has 4 rings (SSSR count). The van der Waals surface area contributed by atoms with Crippen molar-refractivity contribution in [3.63, 3.8) is 0 Å². The van der Waals surface area contributed by atoms with Crippen molar-refractivity contribution in [2.75, 3.05) is 44.7 Å². The molecule has 3 heterocycles. The fourth-order valence-corrected chi connectivity index (χ4v) is 3.44. The number of halogens is 2. The number of hydrogen-bond acceptors (Lipinski definition) is 6. The van der Waals surface area contributed by atoms with Crippen molar-refractivity contribution in [2.24, 2.45) is 0 Å². The van der Waals surface area contributed by atoms with E-state index in [0.29, 0.717) is 23.0 Å². The number of aromatic nitrogens is 2. The van der Waals surface area contributed by atoms with Crippen LogP contribution in [-0.2, 0) is 0 Å². The van der Waals surface area contributed by atoms with Crippen LogP contribution in [0.1, 0.15) is 24.7 Å². The Balaban J connectivity index is 0.00000182. The minimum Gasteiger partial charge on any atom is -0.369 e. The summed E-state index contributed by atoms with van der Waals surface area (Å²) < 4.78 is 19.8. The quantitative estimate of drug-likeness (QED) is 0.899. The molecule has 0 spiro atoms. The van der Waals surface area contributed by atoms with Gasteiger partial charge < -0.3 is 14.7 Å². The zero-order chi connectivity index (χ0) is 16.5. The molecule has 0 aliphatic carbocycles. The zero-order valence-corrected chi connectivity index (χ0v) is 15.1. The van der Waals surface area contributed by atoms with Gasteiger partial charge in [-0.3, -0.25) is 4.90 Å². The third-order valence-corrected chi connectivity index (χ3v) is 4.89. The summed E-state index contributed by atoms with van der Waals surface area (Å²) in [6.45, 7) is 4.52. The van der Waals surface area contributed by atoms with E-state index in [-0.39, 0.29) is 24.3 Å². The average molecular weight is 368 g/mol. The van der Waals surface area contributed by atoms with Crippen LogP contribution in [0.25, 0.3) is 11.5 Å². The van der Waals surface area contributed by atoms with Crippen LogP contribution in [-0.4, -0.2) is 54.8 Å². The molecule has 25 heavy (non-hydrogen) atoms. The van der Waals surface area contributed by atoms with Gasteiger partial charge in [0, 0.05) is 38.3 Å². The SMILES string of the molecule is CN1CCNCC1c1noc(-c2ccc(N3CCCC3)c(F)c2)n1.Cl. The van der Waals surface area contributed by atoms with Crippen LogP contribution >= 0.6 is 12.4 Å². The maximum Gasteiger partial charge on any atom is 0.258 e. The second kappa shape index (κ2) is 7.68. The smallest absolute Gasteiger partial charge is 0.258 e. The molecule has 1 aromatic heterocycles. The van der Waals surface area contributed by atoms with E-state index < -0.39 is 0 Å². The summed E-state index contributed by atoms with van der Waals surface area (Å²) >= 11 is 0. The summed E-state index contributed by atoms with van der Waals surface area (Å²) in [5.41, 5.74) is 1.29. The predicted octanol–water partition coefficient (Wildman–Crippen LogP) is 2.47. The average Bonchev–Trinajstić information content (AvgIpc) is 3.27. The molecule has 1 atom stereocenters. The fourth-order valence-electron chi connectivity index (χ4n) is 3.44. The first-order valence-electron chi connectivity index (χ1n) is 8.52. The van der Waals surface area contributed by atoms with E-state index in [4.69, 9.17) is 4.52 Å². The van der Waals surface area contributed by atoms with Crippen molar-refractivity contribution in [1.82, 2.24) is 20.4 Å². The van der Waals surface area contributed by atoms with E-state index in [9.17, 15) is 4.39 Å². The number of nitrogens with one attached hydrogen (secondary N) is 1. The standard InChI is InChI=1S/C17H22FN5O.ClH/c1-22-9-6-19-11-15(22)16-20-17(24-21-16)12-4-5-14(13(18)10-12)23-7-2-3-8-23;/h4-5,10,15,19H,2-3,6-9,11H2,1H3;1H. The third-order valence-electron chi connectivity index (χ3n) is 4.89. The number of likely N-dealkylation sites (N-methyl/N-ethyl adjacent to an activating group) is 1. The van der Waals surface area contributed by atoms with Gasteiger partial charge in [-0.05, 0) is 38.1 Å². The molecule has 0 bridgehead atoms. The number of anilines is 1. The van der Waals surface area contributed by atoms with Gasteiger partial charge in [-0.1, -0.05) is 5.16 Å². The number of benzene rings is 1. The normalized spacial score (nSPS) is 21.4. The number of piperazine rings is 1. The van der Waals surface area contributed by atoms with E-state index in [2.05, 4.69) is 25.3 Å². The molecule has 2 aliphatic heterocycles. The molecule has 1 N–H and O–H groups in total. The maximum absolute atomic E-state index is 14.5. The van der Waals surface area contributed by atoms with Crippen molar-refractivity contribution in [1.29, 1.82) is 0 Å². The van der Waals surface area contributed by atoms with E-state index in [1.807, 2.05) is 19.2 Å². The highest BCUT2D eigenvalue weighted by Gasteiger charge is 2.26. The molecule has 1 aromatic carbocycles. The van der Waals surface area contributed by atoms with Crippen LogP contribution in [0.3, 0.4) is 0 Å². The molecule has 2 fully saturated rings. The molecule has 2 saturated heterocycles. The lowest BCUT2D eigenvalue weighted by atomic mass is 10.1. The van der Waals surface area contributed by atoms with E-state index in [1.165, 1.54) is 6.07 Å². The molecule has 0 amide bonds. The summed E-state index contributed by atoms with van der Waals surface area (Å²) in [6.07, 6.45) is 2.24. The predicted molar refractivity (Wildman–Crippen MR) is 96.6 cm³/mol. The van der Waals surface area contributed by atoms with Gasteiger partial charge in [0.15, 0.2) is 5.82 Å². The van der Waals surface area contributed by atoms with Crippen molar-refractivity contribution < 1.29 is 8.91 Å². The van der Waals surface area contributed by atoms with Crippen LogP contribution < -0.4 is 10.2 Å². The molecule has 1 unspecified atom stereocenters. The largest absolute Gasteiger partial charge is 0.369 e. The second-order valence-electron chi connectivity index (χ2n) is 6.52. The molecular weight excluding hydrogens is 345 g/mol. The summed E-state index contributed by atoms with van der Waals surface area (Å²) in [4.78, 5) is 8.76. The van der Waals surface area contributed by atoms with Gasteiger partial charge in [0.05, 0.1) is 11.7 Å². The van der Waals surface area contributed by atoms with Crippen molar-refractivity contribution in [2.45, 2.75) is 18.9 Å². The van der Waals surface area contributed by atoms with E-state index in [1.54, 1.807) is 0 Å². The van der Waals surface area contributed by atoms with Crippen LogP contribution in [0.4, 0.5) is 10.1 Å². The fraction of sp³-hybridized carbons (Fsp3) is 0.529. The van der Waals surface area contributed by atoms with Crippen LogP contribution in [0.15, 0.2) is 22.7 Å². The number of nitrogens with zero attached hydrogens (tertiary/aromatic N) is 4. The van der Waals surface area contributed by atoms with E-state index >= 15 is 0 Å². The monoisotopic (exact) mass is 367 g/mol. The first-order chi connectivity index (χ1) is 11.7. The highest BCUT2D eigenvalue weighted by Crippen LogP contribution is 2.29. The van der Waals surface area contributed by atoms with Gasteiger partial charge in [0.2, 0.25) is 0 Å². The third kappa shape index (κ3) is 3.63. The Morgan fingerprint density at radius 3 is 2.76 bits per heavy atom. The number of hydrogen-bond donors (Lipinski definition) is 1. The second-order valence-corrected chi connectivity index (χ2v) is 6.52. The summed E-state index contributed by atoms with van der Waals surface area (Å²) in [5.74, 6) is 0.783. The van der Waals surface area contributed by atoms with Crippen molar-refractivity contribution >= 4 is 18.1 Å².